The summed E-state index contributed by atoms with van der Waals surface area (Å²) < 4.78 is 5.46. The standard InChI is InChI=1S/C14H17N3O2S/c15-11-1-3-13(4-2-11)19-8-6-14(18)16-7-5-12-9-20-10-17-12/h1-4,9-10H,5-8,15H2,(H,16,18). The van der Waals surface area contributed by atoms with Crippen molar-refractivity contribution in [3.05, 3.63) is 40.8 Å². The molecule has 2 aromatic rings. The average Bonchev–Trinajstić information content (AvgIpc) is 2.94. The Balaban J connectivity index is 1.59. The molecule has 20 heavy (non-hydrogen) atoms. The molecule has 106 valence electrons. The van der Waals surface area contributed by atoms with Crippen LogP contribution in [0.15, 0.2) is 35.2 Å². The molecule has 0 atom stereocenters. The lowest BCUT2D eigenvalue weighted by Gasteiger charge is -2.07. The molecule has 0 fully saturated rings. The van der Waals surface area contributed by atoms with Crippen LogP contribution in [0.2, 0.25) is 0 Å². The van der Waals surface area contributed by atoms with E-state index in [9.17, 15) is 4.79 Å². The van der Waals surface area contributed by atoms with E-state index in [2.05, 4.69) is 10.3 Å². The lowest BCUT2D eigenvalue weighted by atomic mass is 10.3. The predicted octanol–water partition coefficient (Wildman–Crippen LogP) is 1.85. The van der Waals surface area contributed by atoms with Crippen molar-refractivity contribution in [1.29, 1.82) is 0 Å². The highest BCUT2D eigenvalue weighted by atomic mass is 32.1. The molecule has 0 aliphatic rings. The van der Waals surface area contributed by atoms with Crippen LogP contribution in [0.25, 0.3) is 0 Å². The van der Waals surface area contributed by atoms with Gasteiger partial charge >= 0.3 is 0 Å². The van der Waals surface area contributed by atoms with E-state index in [1.165, 1.54) is 0 Å². The summed E-state index contributed by atoms with van der Waals surface area (Å²) >= 11 is 1.56. The smallest absolute Gasteiger partial charge is 0.223 e. The quantitative estimate of drug-likeness (QED) is 0.763. The third-order valence-electron chi connectivity index (χ3n) is 2.66. The Labute approximate surface area is 121 Å². The minimum Gasteiger partial charge on any atom is -0.493 e. The van der Waals surface area contributed by atoms with Crippen molar-refractivity contribution in [3.8, 4) is 5.75 Å². The van der Waals surface area contributed by atoms with Gasteiger partial charge in [-0.1, -0.05) is 0 Å². The zero-order valence-corrected chi connectivity index (χ0v) is 11.9. The Morgan fingerprint density at radius 1 is 1.35 bits per heavy atom. The fourth-order valence-electron chi connectivity index (χ4n) is 1.61. The Hall–Kier alpha value is -2.08. The average molecular weight is 291 g/mol. The number of nitrogens with two attached hydrogens (primary N) is 1. The Kier molecular flexibility index (Phi) is 5.37. The Morgan fingerprint density at radius 3 is 2.85 bits per heavy atom. The van der Waals surface area contributed by atoms with E-state index >= 15 is 0 Å². The number of amides is 1. The summed E-state index contributed by atoms with van der Waals surface area (Å²) in [6, 6.07) is 7.11. The van der Waals surface area contributed by atoms with E-state index in [-0.39, 0.29) is 5.91 Å². The molecule has 0 aliphatic carbocycles. The molecule has 5 nitrogen and oxygen atoms in total. The number of carbonyl (C=O) groups excluding carboxylic acids is 1. The van der Waals surface area contributed by atoms with Crippen LogP contribution in [0.3, 0.4) is 0 Å². The van der Waals surface area contributed by atoms with Gasteiger partial charge < -0.3 is 15.8 Å². The second-order valence-corrected chi connectivity index (χ2v) is 4.97. The number of hydrogen-bond acceptors (Lipinski definition) is 5. The number of rotatable bonds is 7. The first-order valence-electron chi connectivity index (χ1n) is 6.36. The van der Waals surface area contributed by atoms with Crippen LogP contribution < -0.4 is 15.8 Å². The highest BCUT2D eigenvalue weighted by Gasteiger charge is 2.02. The second-order valence-electron chi connectivity index (χ2n) is 4.25. The molecule has 0 aliphatic heterocycles. The highest BCUT2D eigenvalue weighted by Crippen LogP contribution is 2.13. The van der Waals surface area contributed by atoms with Gasteiger partial charge in [-0.3, -0.25) is 4.79 Å². The van der Waals surface area contributed by atoms with Crippen molar-refractivity contribution < 1.29 is 9.53 Å². The van der Waals surface area contributed by atoms with Crippen LogP contribution in [0.1, 0.15) is 12.1 Å². The lowest BCUT2D eigenvalue weighted by Crippen LogP contribution is -2.27. The highest BCUT2D eigenvalue weighted by molar-refractivity contribution is 7.07. The van der Waals surface area contributed by atoms with E-state index in [4.69, 9.17) is 10.5 Å². The zero-order chi connectivity index (χ0) is 14.2. The number of aromatic nitrogens is 1. The van der Waals surface area contributed by atoms with Crippen molar-refractivity contribution in [2.24, 2.45) is 0 Å². The molecule has 1 amide bonds. The molecule has 0 unspecified atom stereocenters. The van der Waals surface area contributed by atoms with Gasteiger partial charge in [-0.05, 0) is 24.3 Å². The van der Waals surface area contributed by atoms with Crippen molar-refractivity contribution >= 4 is 22.9 Å². The first-order valence-corrected chi connectivity index (χ1v) is 7.30. The number of nitrogens with zero attached hydrogens (tertiary/aromatic N) is 1. The first kappa shape index (κ1) is 14.3. The van der Waals surface area contributed by atoms with E-state index in [1.807, 2.05) is 5.38 Å². The van der Waals surface area contributed by atoms with Crippen LogP contribution >= 0.6 is 11.3 Å². The monoisotopic (exact) mass is 291 g/mol. The van der Waals surface area contributed by atoms with Gasteiger partial charge in [-0.2, -0.15) is 0 Å². The minimum atomic E-state index is -0.0179. The summed E-state index contributed by atoms with van der Waals surface area (Å²) in [5.74, 6) is 0.699. The molecule has 6 heteroatoms. The Bertz CT molecular complexity index is 526. The fourth-order valence-corrected chi connectivity index (χ4v) is 2.20. The van der Waals surface area contributed by atoms with Gasteiger partial charge in [-0.15, -0.1) is 11.3 Å². The lowest BCUT2D eigenvalue weighted by molar-refractivity contribution is -0.121. The number of nitrogen functional groups attached to an aromatic ring is 1. The Morgan fingerprint density at radius 2 is 2.15 bits per heavy atom. The van der Waals surface area contributed by atoms with Gasteiger partial charge in [0.2, 0.25) is 5.91 Å². The number of nitrogens with one attached hydrogen (secondary N) is 1. The molecule has 0 saturated carbocycles. The first-order chi connectivity index (χ1) is 9.74. The number of anilines is 1. The molecule has 0 bridgehead atoms. The predicted molar refractivity (Wildman–Crippen MR) is 79.8 cm³/mol. The third-order valence-corrected chi connectivity index (χ3v) is 3.30. The summed E-state index contributed by atoms with van der Waals surface area (Å²) in [5.41, 5.74) is 9.06. The van der Waals surface area contributed by atoms with Crippen LogP contribution in [-0.2, 0) is 11.2 Å². The molecule has 0 spiro atoms. The molecule has 2 rings (SSSR count). The summed E-state index contributed by atoms with van der Waals surface area (Å²) in [4.78, 5) is 15.7. The van der Waals surface area contributed by atoms with Gasteiger partial charge in [0.15, 0.2) is 0 Å². The summed E-state index contributed by atoms with van der Waals surface area (Å²) in [7, 11) is 0. The maximum atomic E-state index is 11.6. The van der Waals surface area contributed by atoms with E-state index < -0.39 is 0 Å². The van der Waals surface area contributed by atoms with Crippen molar-refractivity contribution in [2.75, 3.05) is 18.9 Å². The van der Waals surface area contributed by atoms with Gasteiger partial charge in [-0.25, -0.2) is 4.98 Å². The number of hydrogen-bond donors (Lipinski definition) is 2. The number of thiazole rings is 1. The summed E-state index contributed by atoms with van der Waals surface area (Å²) in [6.45, 7) is 0.955. The molecule has 0 saturated heterocycles. The van der Waals surface area contributed by atoms with Crippen LogP contribution in [0, 0.1) is 0 Å². The molecular weight excluding hydrogens is 274 g/mol. The molecular formula is C14H17N3O2S. The molecule has 1 heterocycles. The van der Waals surface area contributed by atoms with E-state index in [0.717, 1.165) is 17.9 Å². The number of ether oxygens (including phenoxy) is 1. The SMILES string of the molecule is Nc1ccc(OCCC(=O)NCCc2cscn2)cc1. The van der Waals surface area contributed by atoms with Crippen LogP contribution in [-0.4, -0.2) is 24.0 Å². The molecule has 1 aromatic heterocycles. The maximum absolute atomic E-state index is 11.6. The third kappa shape index (κ3) is 4.89. The second kappa shape index (κ2) is 7.49. The van der Waals surface area contributed by atoms with Crippen molar-refractivity contribution in [3.63, 3.8) is 0 Å². The topological polar surface area (TPSA) is 77.2 Å². The number of benzene rings is 1. The van der Waals surface area contributed by atoms with Gasteiger partial charge in [0, 0.05) is 24.0 Å². The van der Waals surface area contributed by atoms with Crippen molar-refractivity contribution in [2.45, 2.75) is 12.8 Å². The maximum Gasteiger partial charge on any atom is 0.223 e. The van der Waals surface area contributed by atoms with Gasteiger partial charge in [0.25, 0.3) is 0 Å². The van der Waals surface area contributed by atoms with Crippen molar-refractivity contribution in [1.82, 2.24) is 10.3 Å². The van der Waals surface area contributed by atoms with E-state index in [1.54, 1.807) is 41.1 Å². The van der Waals surface area contributed by atoms with E-state index in [0.29, 0.717) is 25.3 Å². The number of carbonyl (C=O) groups is 1. The van der Waals surface area contributed by atoms with Gasteiger partial charge in [0.1, 0.15) is 5.75 Å². The molecule has 0 radical (unpaired) electrons. The van der Waals surface area contributed by atoms with Crippen LogP contribution in [0.4, 0.5) is 5.69 Å². The minimum absolute atomic E-state index is 0.0179. The molecule has 1 aromatic carbocycles. The zero-order valence-electron chi connectivity index (χ0n) is 11.0. The normalized spacial score (nSPS) is 10.2. The van der Waals surface area contributed by atoms with Crippen LogP contribution in [0.5, 0.6) is 5.75 Å². The van der Waals surface area contributed by atoms with Gasteiger partial charge in [0.05, 0.1) is 24.2 Å². The largest absolute Gasteiger partial charge is 0.493 e. The summed E-state index contributed by atoms with van der Waals surface area (Å²) in [5, 5.41) is 4.82. The summed E-state index contributed by atoms with van der Waals surface area (Å²) in [6.07, 6.45) is 1.09. The fraction of sp³-hybridized carbons (Fsp3) is 0.286. The molecule has 3 N–H and O–H groups in total.